The van der Waals surface area contributed by atoms with Crippen LogP contribution in [0.1, 0.15) is 19.3 Å². The zero-order valence-electron chi connectivity index (χ0n) is 6.42. The summed E-state index contributed by atoms with van der Waals surface area (Å²) in [4.78, 5) is 10.8. The van der Waals surface area contributed by atoms with E-state index in [1.165, 1.54) is 12.8 Å². The molecule has 0 aromatic rings. The predicted molar refractivity (Wildman–Crippen MR) is 40.0 cm³/mol. The second kappa shape index (κ2) is 1.97. The van der Waals surface area contributed by atoms with Gasteiger partial charge >= 0.3 is 5.97 Å². The lowest BCUT2D eigenvalue weighted by Gasteiger charge is -2.07. The molecule has 0 unspecified atom stereocenters. The van der Waals surface area contributed by atoms with Gasteiger partial charge < -0.3 is 10.8 Å². The van der Waals surface area contributed by atoms with E-state index in [1.807, 2.05) is 0 Å². The van der Waals surface area contributed by atoms with Crippen LogP contribution in [0, 0.1) is 17.3 Å². The van der Waals surface area contributed by atoms with Crippen molar-refractivity contribution < 1.29 is 9.90 Å². The van der Waals surface area contributed by atoms with Crippen molar-refractivity contribution in [3.05, 3.63) is 0 Å². The number of hydrogen-bond acceptors (Lipinski definition) is 2. The third-order valence-electron chi connectivity index (χ3n) is 3.12. The van der Waals surface area contributed by atoms with E-state index in [0.29, 0.717) is 18.4 Å². The lowest BCUT2D eigenvalue weighted by atomic mass is 10.0. The minimum atomic E-state index is -0.683. The van der Waals surface area contributed by atoms with Crippen LogP contribution < -0.4 is 5.73 Å². The lowest BCUT2D eigenvalue weighted by Crippen LogP contribution is -2.27. The number of carboxylic acids is 1. The van der Waals surface area contributed by atoms with Gasteiger partial charge in [0, 0.05) is 6.54 Å². The summed E-state index contributed by atoms with van der Waals surface area (Å²) in [5, 5.41) is 8.87. The van der Waals surface area contributed by atoms with Gasteiger partial charge in [-0.3, -0.25) is 4.79 Å². The lowest BCUT2D eigenvalue weighted by molar-refractivity contribution is -0.143. The Hall–Kier alpha value is -0.570. The fourth-order valence-electron chi connectivity index (χ4n) is 2.02. The summed E-state index contributed by atoms with van der Waals surface area (Å²) in [6.07, 6.45) is 3.27. The van der Waals surface area contributed by atoms with Gasteiger partial charge in [-0.05, 0) is 31.1 Å². The van der Waals surface area contributed by atoms with E-state index < -0.39 is 11.4 Å². The summed E-state index contributed by atoms with van der Waals surface area (Å²) < 4.78 is 0. The number of carboxylic acid groups (broad SMARTS) is 1. The Kier molecular flexibility index (Phi) is 1.27. The number of hydrogen-bond donors (Lipinski definition) is 2. The largest absolute Gasteiger partial charge is 0.481 e. The van der Waals surface area contributed by atoms with E-state index in [2.05, 4.69) is 0 Å². The molecule has 0 aromatic heterocycles. The molecule has 62 valence electrons. The third-order valence-corrected chi connectivity index (χ3v) is 3.12. The van der Waals surface area contributed by atoms with Crippen LogP contribution >= 0.6 is 0 Å². The zero-order valence-corrected chi connectivity index (χ0v) is 6.42. The highest BCUT2D eigenvalue weighted by Crippen LogP contribution is 2.62. The minimum Gasteiger partial charge on any atom is -0.481 e. The van der Waals surface area contributed by atoms with E-state index in [9.17, 15) is 4.79 Å². The molecule has 11 heavy (non-hydrogen) atoms. The second-order valence-electron chi connectivity index (χ2n) is 3.81. The highest BCUT2D eigenvalue weighted by molar-refractivity contribution is 5.79. The fraction of sp³-hybridized carbons (Fsp3) is 0.875. The molecular weight excluding hydrogens is 142 g/mol. The highest BCUT2D eigenvalue weighted by Gasteiger charge is 2.63. The van der Waals surface area contributed by atoms with Crippen molar-refractivity contribution in [3.8, 4) is 0 Å². The molecule has 0 aliphatic heterocycles. The first-order valence-corrected chi connectivity index (χ1v) is 4.14. The Labute approximate surface area is 65.6 Å². The van der Waals surface area contributed by atoms with Crippen molar-refractivity contribution in [1.29, 1.82) is 0 Å². The summed E-state index contributed by atoms with van der Waals surface area (Å²) in [6, 6.07) is 0. The molecule has 3 heteroatoms. The molecule has 0 bridgehead atoms. The minimum absolute atomic E-state index is 0.323. The maximum absolute atomic E-state index is 10.8. The molecule has 3 N–H and O–H groups in total. The van der Waals surface area contributed by atoms with Gasteiger partial charge in [-0.1, -0.05) is 0 Å². The fourth-order valence-corrected chi connectivity index (χ4v) is 2.02. The predicted octanol–water partition coefficient (Wildman–Crippen LogP) is 0.446. The molecule has 2 aliphatic rings. The van der Waals surface area contributed by atoms with Gasteiger partial charge in [0.1, 0.15) is 0 Å². The van der Waals surface area contributed by atoms with Crippen LogP contribution in [0.5, 0.6) is 0 Å². The summed E-state index contributed by atoms with van der Waals surface area (Å²) in [6.45, 7) is 0.323. The smallest absolute Gasteiger partial charge is 0.311 e. The first-order chi connectivity index (χ1) is 5.20. The Morgan fingerprint density at radius 2 is 2.27 bits per heavy atom. The Morgan fingerprint density at radius 1 is 1.64 bits per heavy atom. The van der Waals surface area contributed by atoms with Crippen LogP contribution in [0.4, 0.5) is 0 Å². The molecule has 0 aromatic carbocycles. The van der Waals surface area contributed by atoms with Gasteiger partial charge in [-0.2, -0.15) is 0 Å². The molecule has 2 saturated carbocycles. The molecule has 0 saturated heterocycles. The van der Waals surface area contributed by atoms with Crippen LogP contribution in [0.3, 0.4) is 0 Å². The molecule has 2 atom stereocenters. The normalized spacial score (nSPS) is 42.1. The number of nitrogens with two attached hydrogens (primary N) is 1. The maximum atomic E-state index is 10.8. The average Bonchev–Trinajstić information content (AvgIpc) is 2.83. The molecule has 0 radical (unpaired) electrons. The zero-order chi connectivity index (χ0) is 8.06. The van der Waals surface area contributed by atoms with Crippen molar-refractivity contribution in [2.24, 2.45) is 23.0 Å². The first kappa shape index (κ1) is 7.10. The quantitative estimate of drug-likeness (QED) is 0.621. The summed E-state index contributed by atoms with van der Waals surface area (Å²) in [7, 11) is 0. The van der Waals surface area contributed by atoms with E-state index in [0.717, 1.165) is 6.42 Å². The molecule has 0 spiro atoms. The number of rotatable bonds is 3. The van der Waals surface area contributed by atoms with Gasteiger partial charge in [0.05, 0.1) is 5.41 Å². The maximum Gasteiger partial charge on any atom is 0.311 e. The molecule has 2 rings (SSSR count). The van der Waals surface area contributed by atoms with Gasteiger partial charge in [-0.15, -0.1) is 0 Å². The van der Waals surface area contributed by atoms with Crippen LogP contribution in [-0.2, 0) is 4.79 Å². The van der Waals surface area contributed by atoms with E-state index in [4.69, 9.17) is 10.8 Å². The number of aliphatic carboxylic acids is 1. The molecule has 0 amide bonds. The van der Waals surface area contributed by atoms with E-state index >= 15 is 0 Å². The van der Waals surface area contributed by atoms with Crippen LogP contribution in [-0.4, -0.2) is 17.6 Å². The monoisotopic (exact) mass is 155 g/mol. The van der Waals surface area contributed by atoms with Crippen LogP contribution in [0.25, 0.3) is 0 Å². The highest BCUT2D eigenvalue weighted by atomic mass is 16.4. The van der Waals surface area contributed by atoms with Gasteiger partial charge in [0.25, 0.3) is 0 Å². The van der Waals surface area contributed by atoms with Gasteiger partial charge in [0.2, 0.25) is 0 Å². The average molecular weight is 155 g/mol. The van der Waals surface area contributed by atoms with Crippen molar-refractivity contribution in [2.75, 3.05) is 6.54 Å². The molecule has 2 fully saturated rings. The Morgan fingerprint density at radius 3 is 2.55 bits per heavy atom. The van der Waals surface area contributed by atoms with Crippen LogP contribution in [0.2, 0.25) is 0 Å². The van der Waals surface area contributed by atoms with Crippen LogP contribution in [0.15, 0.2) is 0 Å². The Bertz CT molecular complexity index is 200. The van der Waals surface area contributed by atoms with E-state index in [1.54, 1.807) is 0 Å². The van der Waals surface area contributed by atoms with Gasteiger partial charge in [0.15, 0.2) is 0 Å². The summed E-state index contributed by atoms with van der Waals surface area (Å²) in [5.74, 6) is 0.413. The SMILES string of the molecule is NC[C@]1(C(=O)O)C[C@@H]1C1CC1. The molecule has 2 aliphatic carbocycles. The standard InChI is InChI=1S/C8H13NO2/c9-4-8(7(10)11)3-6(8)5-1-2-5/h5-6H,1-4,9H2,(H,10,11)/t6-,8-/m1/s1. The van der Waals surface area contributed by atoms with Crippen molar-refractivity contribution >= 4 is 5.97 Å². The molecular formula is C8H13NO2. The molecule has 3 nitrogen and oxygen atoms in total. The van der Waals surface area contributed by atoms with Crippen molar-refractivity contribution in [1.82, 2.24) is 0 Å². The van der Waals surface area contributed by atoms with Crippen molar-refractivity contribution in [3.63, 3.8) is 0 Å². The number of carbonyl (C=O) groups is 1. The van der Waals surface area contributed by atoms with Gasteiger partial charge in [-0.25, -0.2) is 0 Å². The first-order valence-electron chi connectivity index (χ1n) is 4.14. The van der Waals surface area contributed by atoms with Crippen molar-refractivity contribution in [2.45, 2.75) is 19.3 Å². The topological polar surface area (TPSA) is 63.3 Å². The van der Waals surface area contributed by atoms with E-state index in [-0.39, 0.29) is 0 Å². The second-order valence-corrected chi connectivity index (χ2v) is 3.81. The Balaban J connectivity index is 2.05. The summed E-state index contributed by atoms with van der Waals surface area (Å²) >= 11 is 0. The molecule has 0 heterocycles. The third kappa shape index (κ3) is 0.872. The summed E-state index contributed by atoms with van der Waals surface area (Å²) in [5.41, 5.74) is 4.93.